The molecule has 0 amide bonds. The maximum absolute atomic E-state index is 2.47. The summed E-state index contributed by atoms with van der Waals surface area (Å²) in [6.07, 6.45) is 0. The number of para-hydroxylation sites is 2. The van der Waals surface area contributed by atoms with Gasteiger partial charge in [-0.05, 0) is 86.6 Å². The minimum atomic E-state index is 1.15. The van der Waals surface area contributed by atoms with Gasteiger partial charge in [0.1, 0.15) is 0 Å². The van der Waals surface area contributed by atoms with Gasteiger partial charge in [0.05, 0.1) is 22.1 Å². The van der Waals surface area contributed by atoms with Crippen LogP contribution in [0.3, 0.4) is 0 Å². The van der Waals surface area contributed by atoms with E-state index in [4.69, 9.17) is 0 Å². The van der Waals surface area contributed by atoms with Crippen molar-refractivity contribution in [3.05, 3.63) is 206 Å². The Kier molecular flexibility index (Phi) is 6.90. The van der Waals surface area contributed by atoms with Crippen LogP contribution in [0.5, 0.6) is 0 Å². The highest BCUT2D eigenvalue weighted by atomic mass is 15.0. The van der Waals surface area contributed by atoms with Crippen molar-refractivity contribution in [1.82, 2.24) is 9.13 Å². The summed E-state index contributed by atoms with van der Waals surface area (Å²) < 4.78 is 4.89. The van der Waals surface area contributed by atoms with Crippen molar-refractivity contribution in [3.63, 3.8) is 0 Å². The summed E-state index contributed by atoms with van der Waals surface area (Å²) in [5, 5.41) is 7.57. The summed E-state index contributed by atoms with van der Waals surface area (Å²) in [6.45, 7) is 0. The number of hydrogen-bond acceptors (Lipinski definition) is 0. The van der Waals surface area contributed by atoms with Gasteiger partial charge in [0.15, 0.2) is 0 Å². The number of hydrogen-bond donors (Lipinski definition) is 0. The molecule has 0 atom stereocenters. The van der Waals surface area contributed by atoms with Crippen LogP contribution in [-0.2, 0) is 0 Å². The Hall–Kier alpha value is -7.16. The minimum Gasteiger partial charge on any atom is -0.309 e. The fourth-order valence-corrected chi connectivity index (χ4v) is 8.61. The molecule has 2 aromatic heterocycles. The zero-order chi connectivity index (χ0) is 35.6. The second-order valence-corrected chi connectivity index (χ2v) is 14.1. The van der Waals surface area contributed by atoms with Crippen molar-refractivity contribution in [2.24, 2.45) is 0 Å². The summed E-state index contributed by atoms with van der Waals surface area (Å²) in [6, 6.07) is 75.1. The fraction of sp³-hybridized carbons (Fsp3) is 0. The van der Waals surface area contributed by atoms with E-state index in [0.29, 0.717) is 0 Å². The maximum atomic E-state index is 2.47. The summed E-state index contributed by atoms with van der Waals surface area (Å²) in [4.78, 5) is 0. The van der Waals surface area contributed by atoms with E-state index < -0.39 is 0 Å². The molecule has 0 unspecified atom stereocenters. The van der Waals surface area contributed by atoms with Crippen LogP contribution in [0, 0.1) is 0 Å². The van der Waals surface area contributed by atoms with Crippen LogP contribution in [0.25, 0.3) is 99.1 Å². The van der Waals surface area contributed by atoms with Gasteiger partial charge in [0.25, 0.3) is 0 Å². The van der Waals surface area contributed by atoms with Crippen molar-refractivity contribution < 1.29 is 0 Å². The van der Waals surface area contributed by atoms with Gasteiger partial charge >= 0.3 is 0 Å². The number of rotatable bonds is 5. The van der Waals surface area contributed by atoms with Crippen LogP contribution in [0.15, 0.2) is 206 Å². The summed E-state index contributed by atoms with van der Waals surface area (Å²) in [5.41, 5.74) is 14.5. The second kappa shape index (κ2) is 12.2. The van der Waals surface area contributed by atoms with Crippen molar-refractivity contribution >= 4 is 54.4 Å². The smallest absolute Gasteiger partial charge is 0.0641 e. The molecule has 2 heteroatoms. The van der Waals surface area contributed by atoms with Crippen molar-refractivity contribution in [1.29, 1.82) is 0 Å². The Labute approximate surface area is 313 Å². The molecule has 0 spiro atoms. The standard InChI is InChI=1S/C52H34N2/c1-2-11-35(12-3-1)37-25-29-41(30-26-37)53-49-20-9-7-17-47(49)51-50(53)34-33-46-45-16-6-8-19-48(45)54(52(46)51)42-31-27-38(28-32-42)36-21-23-40(24-22-36)44-18-10-14-39-13-4-5-15-43(39)44/h1-34H. The van der Waals surface area contributed by atoms with Crippen LogP contribution < -0.4 is 0 Å². The Morgan fingerprint density at radius 2 is 0.759 bits per heavy atom. The van der Waals surface area contributed by atoms with E-state index in [1.54, 1.807) is 0 Å². The first-order chi connectivity index (χ1) is 26.8. The van der Waals surface area contributed by atoms with Crippen LogP contribution in [0.1, 0.15) is 0 Å². The Bertz CT molecular complexity index is 3160. The van der Waals surface area contributed by atoms with Crippen LogP contribution >= 0.6 is 0 Å². The molecule has 0 aliphatic heterocycles. The third-order valence-corrected chi connectivity index (χ3v) is 11.1. The number of nitrogens with zero attached hydrogens (tertiary/aromatic N) is 2. The van der Waals surface area contributed by atoms with Crippen molar-refractivity contribution in [3.8, 4) is 44.8 Å². The van der Waals surface area contributed by atoms with Gasteiger partial charge in [0.2, 0.25) is 0 Å². The molecule has 0 saturated carbocycles. The molecule has 0 N–H and O–H groups in total. The van der Waals surface area contributed by atoms with Crippen LogP contribution in [0.4, 0.5) is 0 Å². The van der Waals surface area contributed by atoms with Gasteiger partial charge in [0, 0.05) is 32.9 Å². The van der Waals surface area contributed by atoms with Gasteiger partial charge in [-0.15, -0.1) is 0 Å². The van der Waals surface area contributed by atoms with E-state index in [1.165, 1.54) is 87.8 Å². The molecule has 11 aromatic rings. The lowest BCUT2D eigenvalue weighted by Crippen LogP contribution is -1.95. The zero-order valence-corrected chi connectivity index (χ0v) is 29.5. The van der Waals surface area contributed by atoms with Crippen LogP contribution in [0.2, 0.25) is 0 Å². The van der Waals surface area contributed by atoms with E-state index in [2.05, 4.69) is 215 Å². The van der Waals surface area contributed by atoms with Crippen LogP contribution in [-0.4, -0.2) is 9.13 Å². The third-order valence-electron chi connectivity index (χ3n) is 11.1. The lowest BCUT2D eigenvalue weighted by atomic mass is 9.96. The van der Waals surface area contributed by atoms with E-state index in [1.807, 2.05) is 0 Å². The Morgan fingerprint density at radius 3 is 1.46 bits per heavy atom. The largest absolute Gasteiger partial charge is 0.309 e. The zero-order valence-electron chi connectivity index (χ0n) is 29.5. The molecular weight excluding hydrogens is 653 g/mol. The molecule has 2 nitrogen and oxygen atoms in total. The predicted octanol–water partition coefficient (Wildman–Crippen LogP) is 14.0. The Balaban J connectivity index is 1.05. The molecule has 0 radical (unpaired) electrons. The SMILES string of the molecule is c1ccc(-c2ccc(-n3c4ccccc4c4c3ccc3c5ccccc5n(-c5ccc(-c6ccc(-c7cccc8ccccc78)cc6)cc5)c34)cc2)cc1. The topological polar surface area (TPSA) is 9.86 Å². The molecule has 0 saturated heterocycles. The Morgan fingerprint density at radius 1 is 0.259 bits per heavy atom. The molecule has 0 fully saturated rings. The molecule has 252 valence electrons. The highest BCUT2D eigenvalue weighted by molar-refractivity contribution is 6.26. The highest BCUT2D eigenvalue weighted by Crippen LogP contribution is 2.42. The van der Waals surface area contributed by atoms with Crippen molar-refractivity contribution in [2.45, 2.75) is 0 Å². The molecule has 0 aliphatic rings. The molecule has 11 rings (SSSR count). The maximum Gasteiger partial charge on any atom is 0.0641 e. The minimum absolute atomic E-state index is 1.15. The van der Waals surface area contributed by atoms with Gasteiger partial charge in [-0.2, -0.15) is 0 Å². The lowest BCUT2D eigenvalue weighted by molar-refractivity contribution is 1.17. The average molecular weight is 687 g/mol. The molecule has 0 bridgehead atoms. The number of benzene rings is 9. The molecule has 54 heavy (non-hydrogen) atoms. The highest BCUT2D eigenvalue weighted by Gasteiger charge is 2.20. The number of fused-ring (bicyclic) bond motifs is 8. The van der Waals surface area contributed by atoms with Gasteiger partial charge in [-0.1, -0.05) is 164 Å². The van der Waals surface area contributed by atoms with E-state index in [-0.39, 0.29) is 0 Å². The van der Waals surface area contributed by atoms with E-state index in [9.17, 15) is 0 Å². The first-order valence-electron chi connectivity index (χ1n) is 18.6. The first-order valence-corrected chi connectivity index (χ1v) is 18.6. The second-order valence-electron chi connectivity index (χ2n) is 14.1. The van der Waals surface area contributed by atoms with Gasteiger partial charge in [-0.3, -0.25) is 0 Å². The normalized spacial score (nSPS) is 11.7. The van der Waals surface area contributed by atoms with Gasteiger partial charge in [-0.25, -0.2) is 0 Å². The summed E-state index contributed by atoms with van der Waals surface area (Å²) in [5.74, 6) is 0. The quantitative estimate of drug-likeness (QED) is 0.171. The molecule has 9 aromatic carbocycles. The number of aromatic nitrogens is 2. The van der Waals surface area contributed by atoms with Gasteiger partial charge < -0.3 is 9.13 Å². The molecular formula is C52H34N2. The summed E-state index contributed by atoms with van der Waals surface area (Å²) >= 11 is 0. The predicted molar refractivity (Wildman–Crippen MR) is 229 cm³/mol. The summed E-state index contributed by atoms with van der Waals surface area (Å²) in [7, 11) is 0. The van der Waals surface area contributed by atoms with E-state index >= 15 is 0 Å². The van der Waals surface area contributed by atoms with Crippen molar-refractivity contribution in [2.75, 3.05) is 0 Å². The molecule has 0 aliphatic carbocycles. The van der Waals surface area contributed by atoms with E-state index in [0.717, 1.165) is 11.4 Å². The fourth-order valence-electron chi connectivity index (χ4n) is 8.61. The lowest BCUT2D eigenvalue weighted by Gasteiger charge is -2.12. The molecule has 2 heterocycles. The average Bonchev–Trinajstić information content (AvgIpc) is 3.77. The third kappa shape index (κ3) is 4.74. The first kappa shape index (κ1) is 30.5. The monoisotopic (exact) mass is 686 g/mol.